The molecular weight excluding hydrogens is 607 g/mol. The molecule has 7 rings (SSSR count). The van der Waals surface area contributed by atoms with Crippen molar-refractivity contribution in [2.75, 3.05) is 12.4 Å². The van der Waals surface area contributed by atoms with Crippen LogP contribution in [0.2, 0.25) is 0 Å². The number of carbonyl (C=O) groups excluding carboxylic acids is 1. The van der Waals surface area contributed by atoms with Gasteiger partial charge in [0.2, 0.25) is 0 Å². The Kier molecular flexibility index (Phi) is 8.25. The fourth-order valence-corrected chi connectivity index (χ4v) is 6.92. The van der Waals surface area contributed by atoms with Gasteiger partial charge >= 0.3 is 0 Å². The fraction of sp³-hybridized carbons (Fsp3) is 0.103. The number of fused-ring (bicyclic) bond motifs is 2. The number of anilines is 1. The monoisotopic (exact) mass is 637 g/mol. The van der Waals surface area contributed by atoms with E-state index in [0.29, 0.717) is 44.4 Å². The van der Waals surface area contributed by atoms with Crippen LogP contribution in [-0.4, -0.2) is 17.6 Å². The van der Waals surface area contributed by atoms with Crippen LogP contribution >= 0.6 is 11.3 Å². The van der Waals surface area contributed by atoms with Crippen molar-refractivity contribution in [1.29, 1.82) is 0 Å². The van der Waals surface area contributed by atoms with Gasteiger partial charge in [0.05, 0.1) is 29.0 Å². The minimum atomic E-state index is -0.694. The van der Waals surface area contributed by atoms with Gasteiger partial charge in [-0.25, -0.2) is 4.99 Å². The summed E-state index contributed by atoms with van der Waals surface area (Å²) in [4.78, 5) is 33.4. The number of hydrogen-bond acceptors (Lipinski definition) is 6. The number of amides is 1. The molecule has 6 aromatic rings. The van der Waals surface area contributed by atoms with Crippen LogP contribution in [0, 0.1) is 0 Å². The van der Waals surface area contributed by atoms with Crippen LogP contribution in [0.15, 0.2) is 142 Å². The number of methoxy groups -OCH3 is 1. The Morgan fingerprint density at radius 1 is 0.894 bits per heavy atom. The molecule has 0 saturated heterocycles. The van der Waals surface area contributed by atoms with Crippen molar-refractivity contribution in [3.05, 3.63) is 169 Å². The van der Waals surface area contributed by atoms with Gasteiger partial charge in [-0.2, -0.15) is 0 Å². The Balaban J connectivity index is 1.28. The summed E-state index contributed by atoms with van der Waals surface area (Å²) in [6, 6.07) is 38.1. The zero-order chi connectivity index (χ0) is 32.3. The number of allylic oxidation sites excluding steroid dienone is 1. The fourth-order valence-electron chi connectivity index (χ4n) is 5.88. The van der Waals surface area contributed by atoms with Crippen LogP contribution in [0.4, 0.5) is 5.69 Å². The number of aromatic nitrogens is 1. The van der Waals surface area contributed by atoms with Gasteiger partial charge in [0.25, 0.3) is 11.5 Å². The molecule has 1 atom stereocenters. The molecule has 0 fully saturated rings. The van der Waals surface area contributed by atoms with E-state index >= 15 is 0 Å². The van der Waals surface area contributed by atoms with E-state index in [9.17, 15) is 9.59 Å². The number of ether oxygens (including phenoxy) is 2. The van der Waals surface area contributed by atoms with Crippen LogP contribution in [0.25, 0.3) is 16.8 Å². The molecule has 2 heterocycles. The first-order valence-corrected chi connectivity index (χ1v) is 16.0. The maximum absolute atomic E-state index is 14.3. The maximum atomic E-state index is 14.3. The average molecular weight is 638 g/mol. The molecule has 0 saturated carbocycles. The molecule has 1 aromatic heterocycles. The highest BCUT2D eigenvalue weighted by molar-refractivity contribution is 7.07. The molecule has 1 N–H and O–H groups in total. The van der Waals surface area contributed by atoms with Crippen molar-refractivity contribution in [2.24, 2.45) is 4.99 Å². The Morgan fingerprint density at radius 2 is 1.62 bits per heavy atom. The molecule has 5 aromatic carbocycles. The standard InChI is InChI=1S/C39H31N3O4S/c1-25-35(37(43)41-30-15-4-3-5-16-30)36(27-19-21-31(45-2)22-20-27)42-38(44)34(47-39(42)40-25)23-28-12-7-9-18-33(28)46-24-29-14-10-13-26-11-6-8-17-32(26)29/h3-23,36H,24H2,1-2H3,(H,41,43)/b34-23+/t36-/m0/s1. The Morgan fingerprint density at radius 3 is 2.43 bits per heavy atom. The smallest absolute Gasteiger partial charge is 0.271 e. The number of rotatable bonds is 8. The summed E-state index contributed by atoms with van der Waals surface area (Å²) >= 11 is 1.29. The van der Waals surface area contributed by atoms with E-state index < -0.39 is 6.04 Å². The number of benzene rings is 5. The molecule has 8 heteroatoms. The first kappa shape index (κ1) is 30.0. The molecule has 1 amide bonds. The van der Waals surface area contributed by atoms with Crippen LogP contribution in [0.5, 0.6) is 11.5 Å². The van der Waals surface area contributed by atoms with Crippen LogP contribution < -0.4 is 29.7 Å². The van der Waals surface area contributed by atoms with E-state index in [4.69, 9.17) is 14.5 Å². The summed E-state index contributed by atoms with van der Waals surface area (Å²) in [5.74, 6) is 1.02. The van der Waals surface area contributed by atoms with Gasteiger partial charge in [-0.3, -0.25) is 14.2 Å². The third-order valence-electron chi connectivity index (χ3n) is 8.20. The lowest BCUT2D eigenvalue weighted by molar-refractivity contribution is -0.113. The minimum Gasteiger partial charge on any atom is -0.497 e. The van der Waals surface area contributed by atoms with Crippen LogP contribution in [0.1, 0.15) is 29.7 Å². The van der Waals surface area contributed by atoms with Crippen molar-refractivity contribution in [3.8, 4) is 11.5 Å². The lowest BCUT2D eigenvalue weighted by Gasteiger charge is -2.25. The second kappa shape index (κ2) is 12.9. The van der Waals surface area contributed by atoms with Gasteiger partial charge in [-0.1, -0.05) is 102 Å². The number of thiazole rings is 1. The number of para-hydroxylation sites is 2. The topological polar surface area (TPSA) is 81.9 Å². The lowest BCUT2D eigenvalue weighted by Crippen LogP contribution is -2.40. The normalized spacial score (nSPS) is 14.4. The third kappa shape index (κ3) is 5.98. The predicted octanol–water partition coefficient (Wildman–Crippen LogP) is 6.61. The van der Waals surface area contributed by atoms with Crippen LogP contribution in [-0.2, 0) is 11.4 Å². The molecular formula is C39H31N3O4S. The first-order chi connectivity index (χ1) is 23.0. The Bertz CT molecular complexity index is 2320. The second-order valence-corrected chi connectivity index (χ2v) is 12.1. The number of nitrogens with zero attached hydrogens (tertiary/aromatic N) is 2. The highest BCUT2D eigenvalue weighted by Crippen LogP contribution is 2.32. The molecule has 0 unspecified atom stereocenters. The largest absolute Gasteiger partial charge is 0.497 e. The molecule has 47 heavy (non-hydrogen) atoms. The van der Waals surface area contributed by atoms with Gasteiger partial charge in [0.1, 0.15) is 18.1 Å². The van der Waals surface area contributed by atoms with Crippen molar-refractivity contribution < 1.29 is 14.3 Å². The van der Waals surface area contributed by atoms with Crippen molar-refractivity contribution in [1.82, 2.24) is 4.57 Å². The summed E-state index contributed by atoms with van der Waals surface area (Å²) in [6.07, 6.45) is 1.84. The average Bonchev–Trinajstić information content (AvgIpc) is 3.41. The Labute approximate surface area is 275 Å². The summed E-state index contributed by atoms with van der Waals surface area (Å²) in [7, 11) is 1.60. The van der Waals surface area contributed by atoms with E-state index in [1.54, 1.807) is 11.7 Å². The zero-order valence-electron chi connectivity index (χ0n) is 25.8. The van der Waals surface area contributed by atoms with Gasteiger partial charge in [0.15, 0.2) is 4.80 Å². The minimum absolute atomic E-state index is 0.240. The predicted molar refractivity (Wildman–Crippen MR) is 187 cm³/mol. The van der Waals surface area contributed by atoms with E-state index in [2.05, 4.69) is 29.6 Å². The molecule has 0 radical (unpaired) electrons. The summed E-state index contributed by atoms with van der Waals surface area (Å²) in [5.41, 5.74) is 3.98. The summed E-state index contributed by atoms with van der Waals surface area (Å²) in [6.45, 7) is 2.19. The molecule has 0 bridgehead atoms. The number of hydrogen-bond donors (Lipinski definition) is 1. The van der Waals surface area contributed by atoms with E-state index in [1.807, 2.05) is 110 Å². The van der Waals surface area contributed by atoms with Crippen molar-refractivity contribution in [3.63, 3.8) is 0 Å². The van der Waals surface area contributed by atoms with Crippen LogP contribution in [0.3, 0.4) is 0 Å². The SMILES string of the molecule is COc1ccc([C@H]2C(C(=O)Nc3ccccc3)=C(C)N=c3s/c(=C/c4ccccc4OCc4cccc5ccccc45)c(=O)n32)cc1. The first-order valence-electron chi connectivity index (χ1n) is 15.2. The van der Waals surface area contributed by atoms with Gasteiger partial charge in [0, 0.05) is 11.3 Å². The molecule has 1 aliphatic heterocycles. The highest BCUT2D eigenvalue weighted by Gasteiger charge is 2.32. The molecule has 1 aliphatic rings. The summed E-state index contributed by atoms with van der Waals surface area (Å²) in [5, 5.41) is 5.28. The molecule has 7 nitrogen and oxygen atoms in total. The van der Waals surface area contributed by atoms with Gasteiger partial charge in [-0.15, -0.1) is 0 Å². The van der Waals surface area contributed by atoms with E-state index in [-0.39, 0.29) is 11.5 Å². The van der Waals surface area contributed by atoms with E-state index in [0.717, 1.165) is 27.5 Å². The van der Waals surface area contributed by atoms with Crippen molar-refractivity contribution >= 4 is 39.8 Å². The molecule has 232 valence electrons. The van der Waals surface area contributed by atoms with Gasteiger partial charge in [-0.05, 0) is 65.2 Å². The van der Waals surface area contributed by atoms with Gasteiger partial charge < -0.3 is 14.8 Å². The molecule has 0 spiro atoms. The van der Waals surface area contributed by atoms with E-state index in [1.165, 1.54) is 11.3 Å². The van der Waals surface area contributed by atoms with Crippen molar-refractivity contribution in [2.45, 2.75) is 19.6 Å². The lowest BCUT2D eigenvalue weighted by atomic mass is 9.95. The third-order valence-corrected chi connectivity index (χ3v) is 9.18. The molecule has 0 aliphatic carbocycles. The maximum Gasteiger partial charge on any atom is 0.271 e. The number of carbonyl (C=O) groups is 1. The zero-order valence-corrected chi connectivity index (χ0v) is 26.7. The summed E-state index contributed by atoms with van der Waals surface area (Å²) < 4.78 is 13.8. The number of nitrogens with one attached hydrogen (secondary N) is 1. The quantitative estimate of drug-likeness (QED) is 0.204. The second-order valence-electron chi connectivity index (χ2n) is 11.1. The Hall–Kier alpha value is -5.73. The highest BCUT2D eigenvalue weighted by atomic mass is 32.1.